The summed E-state index contributed by atoms with van der Waals surface area (Å²) in [5.41, 5.74) is 3.49. The van der Waals surface area contributed by atoms with E-state index >= 15 is 0 Å². The Hall–Kier alpha value is -1.51. The highest BCUT2D eigenvalue weighted by Gasteiger charge is 2.07. The summed E-state index contributed by atoms with van der Waals surface area (Å²) in [5, 5.41) is 1.07. The lowest BCUT2D eigenvalue weighted by molar-refractivity contribution is 0.685. The van der Waals surface area contributed by atoms with Crippen molar-refractivity contribution in [1.82, 2.24) is 15.0 Å². The van der Waals surface area contributed by atoms with Crippen molar-refractivity contribution in [2.24, 2.45) is 0 Å². The fourth-order valence-electron chi connectivity index (χ4n) is 2.54. The van der Waals surface area contributed by atoms with E-state index in [-0.39, 0.29) is 0 Å². The number of aromatic nitrogens is 3. The highest BCUT2D eigenvalue weighted by molar-refractivity contribution is 5.74. The highest BCUT2D eigenvalue weighted by atomic mass is 14.9. The van der Waals surface area contributed by atoms with E-state index in [2.05, 4.69) is 29.9 Å². The van der Waals surface area contributed by atoms with Crippen molar-refractivity contribution in [1.29, 1.82) is 0 Å². The van der Waals surface area contributed by atoms with Crippen molar-refractivity contribution in [2.45, 2.75) is 65.2 Å². The van der Waals surface area contributed by atoms with E-state index in [1.807, 2.05) is 6.20 Å². The van der Waals surface area contributed by atoms with Crippen molar-refractivity contribution in [3.63, 3.8) is 0 Å². The van der Waals surface area contributed by atoms with Crippen molar-refractivity contribution in [3.8, 4) is 0 Å². The van der Waals surface area contributed by atoms with Gasteiger partial charge in [0.2, 0.25) is 0 Å². The second-order valence-corrected chi connectivity index (χ2v) is 5.44. The molecule has 0 saturated carbocycles. The molecule has 0 aromatic carbocycles. The minimum absolute atomic E-state index is 0.839. The van der Waals surface area contributed by atoms with Gasteiger partial charge in [-0.25, -0.2) is 15.0 Å². The summed E-state index contributed by atoms with van der Waals surface area (Å²) in [7, 11) is 0. The van der Waals surface area contributed by atoms with Gasteiger partial charge in [-0.3, -0.25) is 0 Å². The van der Waals surface area contributed by atoms with Gasteiger partial charge in [0.15, 0.2) is 5.65 Å². The Morgan fingerprint density at radius 1 is 0.950 bits per heavy atom. The second-order valence-electron chi connectivity index (χ2n) is 5.44. The molecule has 0 unspecified atom stereocenters. The van der Waals surface area contributed by atoms with Gasteiger partial charge in [0.25, 0.3) is 0 Å². The molecule has 0 spiro atoms. The zero-order valence-corrected chi connectivity index (χ0v) is 12.7. The van der Waals surface area contributed by atoms with Crippen LogP contribution < -0.4 is 0 Å². The van der Waals surface area contributed by atoms with Crippen LogP contribution in [0.3, 0.4) is 0 Å². The lowest BCUT2D eigenvalue weighted by Gasteiger charge is -2.10. The van der Waals surface area contributed by atoms with Crippen LogP contribution in [0, 0.1) is 0 Å². The lowest BCUT2D eigenvalue weighted by atomic mass is 10.0. The van der Waals surface area contributed by atoms with Crippen LogP contribution in [0.1, 0.15) is 63.6 Å². The summed E-state index contributed by atoms with van der Waals surface area (Å²) in [6, 6.07) is 2.25. The number of fused-ring (bicyclic) bond motifs is 1. The minimum atomic E-state index is 0.839. The summed E-state index contributed by atoms with van der Waals surface area (Å²) >= 11 is 0. The fourth-order valence-corrected chi connectivity index (χ4v) is 2.54. The normalized spacial score (nSPS) is 11.1. The van der Waals surface area contributed by atoms with E-state index in [1.54, 1.807) is 6.33 Å². The van der Waals surface area contributed by atoms with Crippen LogP contribution in [-0.2, 0) is 12.8 Å². The zero-order valence-electron chi connectivity index (χ0n) is 12.7. The first-order chi connectivity index (χ1) is 9.85. The fraction of sp³-hybridized carbons (Fsp3) is 0.588. The first-order valence-corrected chi connectivity index (χ1v) is 7.93. The number of unbranched alkanes of at least 4 members (excludes halogenated alkanes) is 4. The van der Waals surface area contributed by atoms with Gasteiger partial charge in [0.05, 0.1) is 0 Å². The number of hydrogen-bond donors (Lipinski definition) is 0. The molecule has 0 atom stereocenters. The van der Waals surface area contributed by atoms with Gasteiger partial charge in [-0.15, -0.1) is 0 Å². The lowest BCUT2D eigenvalue weighted by Crippen LogP contribution is -2.01. The molecular weight excluding hydrogens is 246 g/mol. The number of hydrogen-bond acceptors (Lipinski definition) is 3. The average Bonchev–Trinajstić information content (AvgIpc) is 2.48. The first kappa shape index (κ1) is 14.9. The van der Waals surface area contributed by atoms with Crippen molar-refractivity contribution >= 4 is 11.0 Å². The molecule has 108 valence electrons. The summed E-state index contributed by atoms with van der Waals surface area (Å²) in [6.45, 7) is 4.48. The van der Waals surface area contributed by atoms with Gasteiger partial charge in [-0.05, 0) is 37.3 Å². The van der Waals surface area contributed by atoms with E-state index in [1.165, 1.54) is 49.8 Å². The molecular formula is C17H25N3. The Bertz CT molecular complexity index is 488. The Morgan fingerprint density at radius 2 is 1.70 bits per heavy atom. The Balaban J connectivity index is 2.21. The third-order valence-corrected chi connectivity index (χ3v) is 3.73. The molecule has 0 N–H and O–H groups in total. The molecule has 3 heteroatoms. The maximum absolute atomic E-state index is 4.77. The third kappa shape index (κ3) is 3.99. The first-order valence-electron chi connectivity index (χ1n) is 7.93. The van der Waals surface area contributed by atoms with Crippen LogP contribution in [0.5, 0.6) is 0 Å². The van der Waals surface area contributed by atoms with Gasteiger partial charge >= 0.3 is 0 Å². The van der Waals surface area contributed by atoms with E-state index in [0.717, 1.165) is 23.9 Å². The van der Waals surface area contributed by atoms with Crippen LogP contribution in [0.4, 0.5) is 0 Å². The zero-order chi connectivity index (χ0) is 14.2. The van der Waals surface area contributed by atoms with Crippen LogP contribution in [0.2, 0.25) is 0 Å². The molecule has 0 fully saturated rings. The molecule has 0 bridgehead atoms. The predicted octanol–water partition coefficient (Wildman–Crippen LogP) is 4.49. The molecule has 0 aliphatic heterocycles. The summed E-state index contributed by atoms with van der Waals surface area (Å²) in [4.78, 5) is 13.2. The molecule has 0 radical (unpaired) electrons. The van der Waals surface area contributed by atoms with Gasteiger partial charge < -0.3 is 0 Å². The maximum atomic E-state index is 4.77. The minimum Gasteiger partial charge on any atom is -0.244 e. The van der Waals surface area contributed by atoms with Gasteiger partial charge in [0, 0.05) is 17.3 Å². The molecule has 2 aromatic heterocycles. The van der Waals surface area contributed by atoms with Crippen LogP contribution in [0.25, 0.3) is 11.0 Å². The van der Waals surface area contributed by atoms with Crippen molar-refractivity contribution in [3.05, 3.63) is 29.8 Å². The maximum Gasteiger partial charge on any atom is 0.162 e. The van der Waals surface area contributed by atoms with Crippen LogP contribution >= 0.6 is 0 Å². The summed E-state index contributed by atoms with van der Waals surface area (Å²) in [6.07, 6.45) is 13.2. The third-order valence-electron chi connectivity index (χ3n) is 3.73. The van der Waals surface area contributed by atoms with E-state index in [4.69, 9.17) is 4.98 Å². The molecule has 2 aromatic rings. The molecule has 2 rings (SSSR count). The second kappa shape index (κ2) is 7.93. The smallest absolute Gasteiger partial charge is 0.162 e. The van der Waals surface area contributed by atoms with Crippen LogP contribution in [-0.4, -0.2) is 15.0 Å². The van der Waals surface area contributed by atoms with E-state index < -0.39 is 0 Å². The average molecular weight is 271 g/mol. The van der Waals surface area contributed by atoms with E-state index in [9.17, 15) is 0 Å². The summed E-state index contributed by atoms with van der Waals surface area (Å²) < 4.78 is 0. The SMILES string of the molecule is CCCCCc1cc2cncnc2nc1CCCCC. The molecule has 0 aliphatic carbocycles. The van der Waals surface area contributed by atoms with Gasteiger partial charge in [0.1, 0.15) is 6.33 Å². The Morgan fingerprint density at radius 3 is 2.45 bits per heavy atom. The van der Waals surface area contributed by atoms with Crippen molar-refractivity contribution in [2.75, 3.05) is 0 Å². The Kier molecular flexibility index (Phi) is 5.90. The topological polar surface area (TPSA) is 38.7 Å². The largest absolute Gasteiger partial charge is 0.244 e. The van der Waals surface area contributed by atoms with E-state index in [0.29, 0.717) is 0 Å². The molecule has 0 amide bonds. The number of rotatable bonds is 8. The molecule has 0 aliphatic rings. The van der Waals surface area contributed by atoms with Gasteiger partial charge in [-0.1, -0.05) is 39.5 Å². The number of nitrogens with zero attached hydrogens (tertiary/aromatic N) is 3. The Labute approximate surface area is 121 Å². The molecule has 20 heavy (non-hydrogen) atoms. The van der Waals surface area contributed by atoms with Crippen LogP contribution in [0.15, 0.2) is 18.6 Å². The van der Waals surface area contributed by atoms with Crippen molar-refractivity contribution < 1.29 is 0 Å². The molecule has 2 heterocycles. The monoisotopic (exact) mass is 271 g/mol. The predicted molar refractivity (Wildman–Crippen MR) is 83.8 cm³/mol. The highest BCUT2D eigenvalue weighted by Crippen LogP contribution is 2.19. The van der Waals surface area contributed by atoms with Gasteiger partial charge in [-0.2, -0.15) is 0 Å². The molecule has 0 saturated heterocycles. The summed E-state index contributed by atoms with van der Waals surface area (Å²) in [5.74, 6) is 0. The standard InChI is InChI=1S/C17H25N3/c1-3-5-7-9-14-11-15-12-18-13-19-17(15)20-16(14)10-8-6-4-2/h11-13H,3-10H2,1-2H3. The number of aryl methyl sites for hydroxylation is 2. The quantitative estimate of drug-likeness (QED) is 0.664. The number of pyridine rings is 1. The molecule has 3 nitrogen and oxygen atoms in total.